The Hall–Kier alpha value is -0.560. The minimum atomic E-state index is 0.918. The van der Waals surface area contributed by atoms with Gasteiger partial charge in [-0.25, -0.2) is 0 Å². The molecule has 1 rings (SSSR count). The smallest absolute Gasteiger partial charge is 0.0215 e. The molecule has 0 heterocycles. The summed E-state index contributed by atoms with van der Waals surface area (Å²) in [5.74, 6) is 0. The van der Waals surface area contributed by atoms with Gasteiger partial charge in [0.05, 0.1) is 0 Å². The molecule has 0 saturated carbocycles. The summed E-state index contributed by atoms with van der Waals surface area (Å²) in [6.45, 7) is 2.12. The normalized spacial score (nSPS) is 10.7. The summed E-state index contributed by atoms with van der Waals surface area (Å²) in [7, 11) is 0. The molecule has 0 atom stereocenters. The van der Waals surface area contributed by atoms with E-state index in [1.165, 1.54) is 11.1 Å². The number of rotatable bonds is 2. The summed E-state index contributed by atoms with van der Waals surface area (Å²) in [6, 6.07) is 8.35. The molecule has 0 N–H and O–H groups in total. The Kier molecular flexibility index (Phi) is 3.37. The van der Waals surface area contributed by atoms with Crippen molar-refractivity contribution in [2.24, 2.45) is 0 Å². The highest BCUT2D eigenvalue weighted by molar-refractivity contribution is 9.09. The van der Waals surface area contributed by atoms with Crippen LogP contribution in [0.4, 0.5) is 0 Å². The summed E-state index contributed by atoms with van der Waals surface area (Å²) < 4.78 is 0. The van der Waals surface area contributed by atoms with Crippen LogP contribution >= 0.6 is 15.9 Å². The molecule has 0 fully saturated rings. The quantitative estimate of drug-likeness (QED) is 0.657. The molecule has 0 nitrogen and oxygen atoms in total. The van der Waals surface area contributed by atoms with Crippen molar-refractivity contribution in [3.8, 4) is 0 Å². The fraction of sp³-hybridized carbons (Fsp3) is 0.200. The van der Waals surface area contributed by atoms with Gasteiger partial charge in [0.1, 0.15) is 0 Å². The molecular formula is C10H11Br. The number of aryl methyl sites for hydroxylation is 1. The van der Waals surface area contributed by atoms with E-state index in [-0.39, 0.29) is 0 Å². The molecule has 1 aromatic rings. The molecule has 0 aliphatic heterocycles. The van der Waals surface area contributed by atoms with E-state index >= 15 is 0 Å². The Labute approximate surface area is 76.1 Å². The Morgan fingerprint density at radius 3 is 2.73 bits per heavy atom. The molecule has 0 aliphatic rings. The van der Waals surface area contributed by atoms with Gasteiger partial charge in [-0.2, -0.15) is 0 Å². The molecule has 0 amide bonds. The van der Waals surface area contributed by atoms with Crippen LogP contribution in [0.25, 0.3) is 6.08 Å². The van der Waals surface area contributed by atoms with Gasteiger partial charge in [0.15, 0.2) is 0 Å². The van der Waals surface area contributed by atoms with E-state index in [9.17, 15) is 0 Å². The van der Waals surface area contributed by atoms with Gasteiger partial charge in [0.25, 0.3) is 0 Å². The van der Waals surface area contributed by atoms with Crippen LogP contribution in [0.15, 0.2) is 30.3 Å². The minimum absolute atomic E-state index is 0.918. The highest BCUT2D eigenvalue weighted by atomic mass is 79.9. The monoisotopic (exact) mass is 210 g/mol. The number of hydrogen-bond acceptors (Lipinski definition) is 0. The first-order valence-electron chi connectivity index (χ1n) is 3.62. The fourth-order valence-electron chi connectivity index (χ4n) is 0.945. The van der Waals surface area contributed by atoms with E-state index in [0.29, 0.717) is 0 Å². The molecule has 0 bridgehead atoms. The van der Waals surface area contributed by atoms with Gasteiger partial charge in [-0.1, -0.05) is 52.3 Å². The van der Waals surface area contributed by atoms with Gasteiger partial charge in [0.2, 0.25) is 0 Å². The molecule has 0 saturated heterocycles. The van der Waals surface area contributed by atoms with Crippen LogP contribution in [0.1, 0.15) is 11.1 Å². The molecule has 1 heteroatoms. The fourth-order valence-corrected chi connectivity index (χ4v) is 1.13. The SMILES string of the molecule is Cc1ccccc1/C=C\CBr. The second-order valence-electron chi connectivity index (χ2n) is 2.41. The number of hydrogen-bond donors (Lipinski definition) is 0. The highest BCUT2D eigenvalue weighted by Gasteiger charge is 1.88. The predicted octanol–water partition coefficient (Wildman–Crippen LogP) is 3.40. The standard InChI is InChI=1S/C10H11Br/c1-9-5-2-3-6-10(9)7-4-8-11/h2-7H,8H2,1H3/b7-4-. The lowest BCUT2D eigenvalue weighted by atomic mass is 10.1. The Morgan fingerprint density at radius 1 is 1.36 bits per heavy atom. The second-order valence-corrected chi connectivity index (χ2v) is 3.06. The van der Waals surface area contributed by atoms with E-state index in [0.717, 1.165) is 5.33 Å². The van der Waals surface area contributed by atoms with Crippen LogP contribution in [-0.4, -0.2) is 5.33 Å². The first-order chi connectivity index (χ1) is 5.34. The first kappa shape index (κ1) is 8.54. The van der Waals surface area contributed by atoms with E-state index in [1.54, 1.807) is 0 Å². The zero-order valence-corrected chi connectivity index (χ0v) is 8.14. The average Bonchev–Trinajstić information content (AvgIpc) is 2.03. The van der Waals surface area contributed by atoms with E-state index < -0.39 is 0 Å². The Bertz CT molecular complexity index is 251. The molecule has 0 unspecified atom stereocenters. The van der Waals surface area contributed by atoms with Crippen LogP contribution in [0, 0.1) is 6.92 Å². The van der Waals surface area contributed by atoms with Gasteiger partial charge in [-0.05, 0) is 18.1 Å². The molecular weight excluding hydrogens is 200 g/mol. The van der Waals surface area contributed by atoms with Crippen LogP contribution in [0.2, 0.25) is 0 Å². The molecule has 0 spiro atoms. The number of allylic oxidation sites excluding steroid dienone is 1. The van der Waals surface area contributed by atoms with Crippen molar-refractivity contribution in [2.75, 3.05) is 5.33 Å². The van der Waals surface area contributed by atoms with Crippen molar-refractivity contribution in [2.45, 2.75) is 6.92 Å². The lowest BCUT2D eigenvalue weighted by molar-refractivity contribution is 1.44. The summed E-state index contributed by atoms with van der Waals surface area (Å²) in [5.41, 5.74) is 2.62. The van der Waals surface area contributed by atoms with Gasteiger partial charge in [0, 0.05) is 5.33 Å². The Morgan fingerprint density at radius 2 is 2.09 bits per heavy atom. The lowest BCUT2D eigenvalue weighted by Gasteiger charge is -1.96. The number of alkyl halides is 1. The third-order valence-corrected chi connectivity index (χ3v) is 1.95. The molecule has 0 aliphatic carbocycles. The van der Waals surface area contributed by atoms with Crippen LogP contribution in [-0.2, 0) is 0 Å². The summed E-state index contributed by atoms with van der Waals surface area (Å²) in [5, 5.41) is 0.918. The van der Waals surface area contributed by atoms with E-state index in [4.69, 9.17) is 0 Å². The van der Waals surface area contributed by atoms with Gasteiger partial charge < -0.3 is 0 Å². The zero-order chi connectivity index (χ0) is 8.10. The van der Waals surface area contributed by atoms with Crippen molar-refractivity contribution >= 4 is 22.0 Å². The maximum atomic E-state index is 3.34. The van der Waals surface area contributed by atoms with Crippen molar-refractivity contribution < 1.29 is 0 Å². The topological polar surface area (TPSA) is 0 Å². The molecule has 0 aromatic heterocycles. The molecule has 1 aromatic carbocycles. The molecule has 0 radical (unpaired) electrons. The summed E-state index contributed by atoms with van der Waals surface area (Å²) in [6.07, 6.45) is 4.23. The molecule has 58 valence electrons. The summed E-state index contributed by atoms with van der Waals surface area (Å²) in [4.78, 5) is 0. The predicted molar refractivity (Wildman–Crippen MR) is 54.0 cm³/mol. The zero-order valence-electron chi connectivity index (χ0n) is 6.55. The van der Waals surface area contributed by atoms with Crippen molar-refractivity contribution in [3.05, 3.63) is 41.5 Å². The third kappa shape index (κ3) is 2.51. The second kappa shape index (κ2) is 4.35. The largest absolute Gasteiger partial charge is 0.0883 e. The van der Waals surface area contributed by atoms with Gasteiger partial charge in [-0.15, -0.1) is 0 Å². The van der Waals surface area contributed by atoms with Gasteiger partial charge in [-0.3, -0.25) is 0 Å². The Balaban J connectivity index is 2.86. The van der Waals surface area contributed by atoms with Crippen molar-refractivity contribution in [1.29, 1.82) is 0 Å². The van der Waals surface area contributed by atoms with Crippen LogP contribution < -0.4 is 0 Å². The third-order valence-electron chi connectivity index (χ3n) is 1.57. The van der Waals surface area contributed by atoms with E-state index in [2.05, 4.69) is 59.3 Å². The van der Waals surface area contributed by atoms with Crippen LogP contribution in [0.5, 0.6) is 0 Å². The summed E-state index contributed by atoms with van der Waals surface area (Å²) >= 11 is 3.34. The number of halogens is 1. The number of benzene rings is 1. The van der Waals surface area contributed by atoms with Crippen molar-refractivity contribution in [3.63, 3.8) is 0 Å². The average molecular weight is 211 g/mol. The maximum Gasteiger partial charge on any atom is 0.0215 e. The first-order valence-corrected chi connectivity index (χ1v) is 4.75. The van der Waals surface area contributed by atoms with Crippen LogP contribution in [0.3, 0.4) is 0 Å². The highest BCUT2D eigenvalue weighted by Crippen LogP contribution is 2.08. The van der Waals surface area contributed by atoms with E-state index in [1.807, 2.05) is 0 Å². The maximum absolute atomic E-state index is 3.34. The van der Waals surface area contributed by atoms with Crippen molar-refractivity contribution in [1.82, 2.24) is 0 Å². The van der Waals surface area contributed by atoms with Gasteiger partial charge >= 0.3 is 0 Å². The molecule has 11 heavy (non-hydrogen) atoms. The lowest BCUT2D eigenvalue weighted by Crippen LogP contribution is -1.77. The minimum Gasteiger partial charge on any atom is -0.0883 e.